The summed E-state index contributed by atoms with van der Waals surface area (Å²) >= 11 is 1.68. The lowest BCUT2D eigenvalue weighted by Crippen LogP contribution is -2.46. The Morgan fingerprint density at radius 3 is 2.54 bits per heavy atom. The molecule has 2 N–H and O–H groups in total. The van der Waals surface area contributed by atoms with Crippen LogP contribution in [0.1, 0.15) is 26.3 Å². The number of hydrogen-bond donors (Lipinski definition) is 1. The highest BCUT2D eigenvalue weighted by Gasteiger charge is 2.23. The summed E-state index contributed by atoms with van der Waals surface area (Å²) in [7, 11) is 0. The third kappa shape index (κ3) is 4.77. The quantitative estimate of drug-likeness (QED) is 0.706. The third-order valence-electron chi connectivity index (χ3n) is 3.70. The van der Waals surface area contributed by atoms with Gasteiger partial charge in [-0.2, -0.15) is 0 Å². The molecular weight excluding hydrogens is 324 g/mol. The molecule has 0 saturated carbocycles. The van der Waals surface area contributed by atoms with Gasteiger partial charge in [-0.3, -0.25) is 4.79 Å². The van der Waals surface area contributed by atoms with Gasteiger partial charge in [-0.1, -0.05) is 18.2 Å². The van der Waals surface area contributed by atoms with E-state index in [0.717, 1.165) is 5.56 Å². The molecule has 5 nitrogen and oxygen atoms in total. The molecule has 0 aliphatic heterocycles. The number of nitrogens with two attached hydrogens (primary N) is 1. The Morgan fingerprint density at radius 1 is 1.25 bits per heavy atom. The standard InChI is InChI=1S/C18H26N2O3S/c1-4-22-17(23-5-2)11-20(18(21)13(3)19)10-14-12-24-16-9-7-6-8-15(14)16/h6-9,12-13,17H,4-5,10-11,19H2,1-3H3. The summed E-state index contributed by atoms with van der Waals surface area (Å²) in [6, 6.07) is 7.65. The zero-order valence-electron chi connectivity index (χ0n) is 14.5. The second-order valence-electron chi connectivity index (χ2n) is 5.60. The number of amides is 1. The van der Waals surface area contributed by atoms with Crippen LogP contribution < -0.4 is 5.73 Å². The Hall–Kier alpha value is -1.47. The first-order valence-electron chi connectivity index (χ1n) is 8.29. The Balaban J connectivity index is 2.20. The van der Waals surface area contributed by atoms with Crippen molar-refractivity contribution in [1.82, 2.24) is 4.90 Å². The van der Waals surface area contributed by atoms with Gasteiger partial charge >= 0.3 is 0 Å². The first kappa shape index (κ1) is 18.9. The maximum Gasteiger partial charge on any atom is 0.239 e. The fourth-order valence-corrected chi connectivity index (χ4v) is 3.54. The van der Waals surface area contributed by atoms with E-state index in [1.54, 1.807) is 23.2 Å². The van der Waals surface area contributed by atoms with E-state index < -0.39 is 12.3 Å². The zero-order chi connectivity index (χ0) is 17.5. The highest BCUT2D eigenvalue weighted by Crippen LogP contribution is 2.27. The molecule has 6 heteroatoms. The molecule has 0 spiro atoms. The van der Waals surface area contributed by atoms with Gasteiger partial charge in [-0.05, 0) is 43.2 Å². The molecule has 1 amide bonds. The first-order valence-corrected chi connectivity index (χ1v) is 9.17. The minimum absolute atomic E-state index is 0.102. The molecule has 1 aromatic heterocycles. The number of carbonyl (C=O) groups is 1. The van der Waals surface area contributed by atoms with Gasteiger partial charge in [0, 0.05) is 24.5 Å². The van der Waals surface area contributed by atoms with Crippen LogP contribution in [0.2, 0.25) is 0 Å². The zero-order valence-corrected chi connectivity index (χ0v) is 15.3. The SMILES string of the molecule is CCOC(CN(Cc1csc2ccccc12)C(=O)C(C)N)OCC. The Bertz CT molecular complexity index is 651. The number of benzene rings is 1. The number of carbonyl (C=O) groups excluding carboxylic acids is 1. The molecule has 24 heavy (non-hydrogen) atoms. The molecular formula is C18H26N2O3S. The summed E-state index contributed by atoms with van der Waals surface area (Å²) in [6.07, 6.45) is -0.437. The lowest BCUT2D eigenvalue weighted by molar-refractivity contribution is -0.160. The number of hydrogen-bond acceptors (Lipinski definition) is 5. The molecule has 0 radical (unpaired) electrons. The van der Waals surface area contributed by atoms with Gasteiger partial charge in [-0.15, -0.1) is 11.3 Å². The fourth-order valence-electron chi connectivity index (χ4n) is 2.59. The Morgan fingerprint density at radius 2 is 1.92 bits per heavy atom. The molecule has 0 aliphatic carbocycles. The number of nitrogens with zero attached hydrogens (tertiary/aromatic N) is 1. The van der Waals surface area contributed by atoms with E-state index in [1.165, 1.54) is 10.1 Å². The van der Waals surface area contributed by atoms with E-state index in [2.05, 4.69) is 17.5 Å². The maximum absolute atomic E-state index is 12.5. The number of fused-ring (bicyclic) bond motifs is 1. The molecule has 0 aliphatic rings. The van der Waals surface area contributed by atoms with E-state index in [4.69, 9.17) is 15.2 Å². The average molecular weight is 350 g/mol. The summed E-state index contributed by atoms with van der Waals surface area (Å²) in [5.41, 5.74) is 6.95. The highest BCUT2D eigenvalue weighted by molar-refractivity contribution is 7.17. The van der Waals surface area contributed by atoms with Gasteiger partial charge in [0.2, 0.25) is 5.91 Å². The lowest BCUT2D eigenvalue weighted by atomic mass is 10.1. The number of thiophene rings is 1. The number of ether oxygens (including phenoxy) is 2. The molecule has 0 saturated heterocycles. The van der Waals surface area contributed by atoms with E-state index in [0.29, 0.717) is 26.3 Å². The molecule has 1 unspecified atom stereocenters. The van der Waals surface area contributed by atoms with E-state index in [-0.39, 0.29) is 5.91 Å². The first-order chi connectivity index (χ1) is 11.6. The van der Waals surface area contributed by atoms with Gasteiger partial charge in [-0.25, -0.2) is 0 Å². The second-order valence-corrected chi connectivity index (χ2v) is 6.52. The predicted molar refractivity (Wildman–Crippen MR) is 97.9 cm³/mol. The van der Waals surface area contributed by atoms with Crippen LogP contribution in [-0.2, 0) is 20.8 Å². The van der Waals surface area contributed by atoms with Crippen molar-refractivity contribution in [3.05, 3.63) is 35.2 Å². The smallest absolute Gasteiger partial charge is 0.239 e. The monoisotopic (exact) mass is 350 g/mol. The van der Waals surface area contributed by atoms with Crippen molar-refractivity contribution in [2.75, 3.05) is 19.8 Å². The van der Waals surface area contributed by atoms with E-state index in [1.807, 2.05) is 26.0 Å². The minimum atomic E-state index is -0.557. The summed E-state index contributed by atoms with van der Waals surface area (Å²) < 4.78 is 12.4. The molecule has 2 aromatic rings. The Labute approximate surface area is 147 Å². The molecule has 1 atom stereocenters. The largest absolute Gasteiger partial charge is 0.351 e. The van der Waals surface area contributed by atoms with Crippen LogP contribution in [-0.4, -0.2) is 42.9 Å². The Kier molecular flexibility index (Phi) is 7.17. The van der Waals surface area contributed by atoms with Crippen LogP contribution in [0.4, 0.5) is 0 Å². The summed E-state index contributed by atoms with van der Waals surface area (Å²) in [5.74, 6) is -0.102. The summed E-state index contributed by atoms with van der Waals surface area (Å²) in [4.78, 5) is 14.3. The topological polar surface area (TPSA) is 64.8 Å². The highest BCUT2D eigenvalue weighted by atomic mass is 32.1. The summed E-state index contributed by atoms with van der Waals surface area (Å²) in [6.45, 7) is 7.47. The lowest BCUT2D eigenvalue weighted by Gasteiger charge is -2.28. The average Bonchev–Trinajstić information content (AvgIpc) is 2.97. The van der Waals surface area contributed by atoms with Gasteiger partial charge in [0.25, 0.3) is 0 Å². The van der Waals surface area contributed by atoms with Gasteiger partial charge in [0.15, 0.2) is 6.29 Å². The van der Waals surface area contributed by atoms with Crippen molar-refractivity contribution in [3.63, 3.8) is 0 Å². The molecule has 0 bridgehead atoms. The summed E-state index contributed by atoms with van der Waals surface area (Å²) in [5, 5.41) is 3.28. The number of rotatable bonds is 9. The molecule has 2 rings (SSSR count). The van der Waals surface area contributed by atoms with E-state index >= 15 is 0 Å². The predicted octanol–water partition coefficient (Wildman–Crippen LogP) is 2.98. The minimum Gasteiger partial charge on any atom is -0.351 e. The maximum atomic E-state index is 12.5. The van der Waals surface area contributed by atoms with Crippen molar-refractivity contribution in [2.24, 2.45) is 5.73 Å². The van der Waals surface area contributed by atoms with Crippen LogP contribution >= 0.6 is 11.3 Å². The van der Waals surface area contributed by atoms with Crippen molar-refractivity contribution in [2.45, 2.75) is 39.6 Å². The third-order valence-corrected chi connectivity index (χ3v) is 4.71. The molecule has 1 heterocycles. The second kappa shape index (κ2) is 9.13. The van der Waals surface area contributed by atoms with Crippen molar-refractivity contribution in [3.8, 4) is 0 Å². The molecule has 1 aromatic carbocycles. The van der Waals surface area contributed by atoms with Crippen LogP contribution in [0.15, 0.2) is 29.6 Å². The van der Waals surface area contributed by atoms with Gasteiger partial charge in [0.1, 0.15) is 0 Å². The molecule has 132 valence electrons. The van der Waals surface area contributed by atoms with E-state index in [9.17, 15) is 4.79 Å². The van der Waals surface area contributed by atoms with Crippen LogP contribution in [0, 0.1) is 0 Å². The fraction of sp³-hybridized carbons (Fsp3) is 0.500. The van der Waals surface area contributed by atoms with Crippen LogP contribution in [0.5, 0.6) is 0 Å². The van der Waals surface area contributed by atoms with Crippen LogP contribution in [0.25, 0.3) is 10.1 Å². The van der Waals surface area contributed by atoms with Crippen molar-refractivity contribution < 1.29 is 14.3 Å². The van der Waals surface area contributed by atoms with Gasteiger partial charge < -0.3 is 20.1 Å². The van der Waals surface area contributed by atoms with Crippen LogP contribution in [0.3, 0.4) is 0 Å². The van der Waals surface area contributed by atoms with Gasteiger partial charge in [0.05, 0.1) is 12.6 Å². The molecule has 0 fully saturated rings. The normalized spacial score (nSPS) is 12.7. The van der Waals surface area contributed by atoms with Crippen molar-refractivity contribution in [1.29, 1.82) is 0 Å². The van der Waals surface area contributed by atoms with Crippen molar-refractivity contribution >= 4 is 27.3 Å².